The lowest BCUT2D eigenvalue weighted by Gasteiger charge is -2.18. The summed E-state index contributed by atoms with van der Waals surface area (Å²) in [6.07, 6.45) is 0.769. The van der Waals surface area contributed by atoms with Crippen LogP contribution in [0.4, 0.5) is 0 Å². The summed E-state index contributed by atoms with van der Waals surface area (Å²) in [5.74, 6) is 1.87. The van der Waals surface area contributed by atoms with Gasteiger partial charge in [-0.2, -0.15) is 0 Å². The first-order valence-corrected chi connectivity index (χ1v) is 13.1. The van der Waals surface area contributed by atoms with Crippen molar-refractivity contribution in [2.75, 3.05) is 46.1 Å². The molecule has 1 aromatic rings. The summed E-state index contributed by atoms with van der Waals surface area (Å²) in [4.78, 5) is 17.5. The van der Waals surface area contributed by atoms with Crippen molar-refractivity contribution in [3.8, 4) is 5.75 Å². The number of hydrogen-bond donors (Lipinski definition) is 4. The van der Waals surface area contributed by atoms with Gasteiger partial charge < -0.3 is 25.8 Å². The number of thioether (sulfide) groups is 1. The highest BCUT2D eigenvalue weighted by molar-refractivity contribution is 8.12. The van der Waals surface area contributed by atoms with Crippen molar-refractivity contribution in [1.29, 1.82) is 0 Å². The van der Waals surface area contributed by atoms with Gasteiger partial charge in [0.2, 0.25) is 5.91 Å². The van der Waals surface area contributed by atoms with Crippen molar-refractivity contribution in [2.45, 2.75) is 66.3 Å². The Morgan fingerprint density at radius 3 is 2.62 bits per heavy atom. The van der Waals surface area contributed by atoms with E-state index in [0.29, 0.717) is 19.5 Å². The second kappa shape index (κ2) is 19.6. The Kier molecular flexibility index (Phi) is 18.7. The van der Waals surface area contributed by atoms with Gasteiger partial charge in [0.15, 0.2) is 0 Å². The van der Waals surface area contributed by atoms with E-state index in [1.165, 1.54) is 16.7 Å². The van der Waals surface area contributed by atoms with E-state index < -0.39 is 6.23 Å². The highest BCUT2D eigenvalue weighted by Crippen LogP contribution is 2.23. The van der Waals surface area contributed by atoms with Crippen molar-refractivity contribution >= 4 is 23.2 Å². The zero-order valence-corrected chi connectivity index (χ0v) is 23.0. The standard InChI is InChI=1S/C23H40N4O3S.C2H7N/c1-7-23(29)27(5)12-13-31-16-25-15-22(28)26-17(2)10-11-24-14-20-8-9-21(30-6)19(4)18(20)3;1-2-3/h8-9,16-17,22,24,26,28H,7,10-15H2,1-6H3;2-3H2,1H3. The highest BCUT2D eigenvalue weighted by atomic mass is 32.2. The number of amides is 1. The first-order chi connectivity index (χ1) is 16.2. The predicted octanol–water partition coefficient (Wildman–Crippen LogP) is 2.68. The Bertz CT molecular complexity index is 718. The summed E-state index contributed by atoms with van der Waals surface area (Å²) in [7, 11) is 3.51. The van der Waals surface area contributed by atoms with Gasteiger partial charge in [-0.1, -0.05) is 19.9 Å². The monoisotopic (exact) mass is 497 g/mol. The molecule has 196 valence electrons. The summed E-state index contributed by atoms with van der Waals surface area (Å²) < 4.78 is 5.37. The van der Waals surface area contributed by atoms with Crippen molar-refractivity contribution in [2.24, 2.45) is 10.7 Å². The number of aliphatic hydroxyl groups excluding tert-OH is 1. The van der Waals surface area contributed by atoms with Gasteiger partial charge in [-0.05, 0) is 63.0 Å². The Labute approximate surface area is 211 Å². The third kappa shape index (κ3) is 13.9. The number of methoxy groups -OCH3 is 1. The number of aliphatic imine (C=N–C) groups is 1. The Morgan fingerprint density at radius 2 is 2.00 bits per heavy atom. The molecule has 0 aliphatic heterocycles. The largest absolute Gasteiger partial charge is 0.496 e. The van der Waals surface area contributed by atoms with Crippen LogP contribution < -0.4 is 21.1 Å². The molecule has 0 spiro atoms. The van der Waals surface area contributed by atoms with Crippen molar-refractivity contribution in [1.82, 2.24) is 15.5 Å². The quantitative estimate of drug-likeness (QED) is 0.128. The molecule has 0 saturated heterocycles. The van der Waals surface area contributed by atoms with Gasteiger partial charge >= 0.3 is 0 Å². The third-order valence-corrected chi connectivity index (χ3v) is 6.03. The lowest BCUT2D eigenvalue weighted by molar-refractivity contribution is -0.129. The van der Waals surface area contributed by atoms with E-state index in [1.54, 1.807) is 29.3 Å². The maximum atomic E-state index is 11.5. The van der Waals surface area contributed by atoms with Crippen molar-refractivity contribution < 1.29 is 14.6 Å². The lowest BCUT2D eigenvalue weighted by Crippen LogP contribution is -2.39. The van der Waals surface area contributed by atoms with E-state index in [0.717, 1.165) is 37.6 Å². The lowest BCUT2D eigenvalue weighted by atomic mass is 10.0. The topological polar surface area (TPSA) is 112 Å². The van der Waals surface area contributed by atoms with E-state index in [-0.39, 0.29) is 11.9 Å². The minimum absolute atomic E-state index is 0.148. The number of ether oxygens (including phenoxy) is 1. The van der Waals surface area contributed by atoms with Crippen LogP contribution in [0.1, 0.15) is 50.3 Å². The molecule has 0 aromatic heterocycles. The fourth-order valence-corrected chi connectivity index (χ4v) is 3.78. The smallest absolute Gasteiger partial charge is 0.222 e. The molecule has 9 heteroatoms. The van der Waals surface area contributed by atoms with E-state index in [1.807, 2.05) is 27.0 Å². The molecule has 2 atom stereocenters. The molecule has 0 heterocycles. The minimum Gasteiger partial charge on any atom is -0.496 e. The second-order valence-electron chi connectivity index (χ2n) is 8.14. The predicted molar refractivity (Wildman–Crippen MR) is 146 cm³/mol. The van der Waals surface area contributed by atoms with Crippen LogP contribution in [0.2, 0.25) is 0 Å². The van der Waals surface area contributed by atoms with Crippen LogP contribution in [0.3, 0.4) is 0 Å². The van der Waals surface area contributed by atoms with Gasteiger partial charge in [0, 0.05) is 38.4 Å². The minimum atomic E-state index is -0.664. The molecule has 0 aliphatic carbocycles. The van der Waals surface area contributed by atoms with Crippen molar-refractivity contribution in [3.05, 3.63) is 28.8 Å². The van der Waals surface area contributed by atoms with Crippen molar-refractivity contribution in [3.63, 3.8) is 0 Å². The number of nitrogens with zero attached hydrogens (tertiary/aromatic N) is 2. The molecule has 1 rings (SSSR count). The average molecular weight is 498 g/mol. The second-order valence-corrected chi connectivity index (χ2v) is 9.10. The van der Waals surface area contributed by atoms with Crippen LogP contribution in [0, 0.1) is 13.8 Å². The summed E-state index contributed by atoms with van der Waals surface area (Å²) >= 11 is 1.55. The summed E-state index contributed by atoms with van der Waals surface area (Å²) in [5.41, 5.74) is 10.3. The SMILES string of the molecule is CCC(=O)N(C)CCSC=NCC(O)NC(C)CCNCc1ccc(OC)c(C)c1C.CCN. The number of aliphatic hydroxyl groups is 1. The molecule has 1 amide bonds. The molecular formula is C25H47N5O3S. The maximum absolute atomic E-state index is 11.5. The Morgan fingerprint density at radius 1 is 1.32 bits per heavy atom. The van der Waals surface area contributed by atoms with E-state index in [4.69, 9.17) is 10.5 Å². The highest BCUT2D eigenvalue weighted by Gasteiger charge is 2.09. The fourth-order valence-electron chi connectivity index (χ4n) is 3.10. The number of benzene rings is 1. The maximum Gasteiger partial charge on any atom is 0.222 e. The van der Waals surface area contributed by atoms with Crippen LogP contribution in [0.5, 0.6) is 5.75 Å². The van der Waals surface area contributed by atoms with Crippen LogP contribution in [0.25, 0.3) is 0 Å². The zero-order valence-electron chi connectivity index (χ0n) is 22.2. The number of carbonyl (C=O) groups excluding carboxylic acids is 1. The van der Waals surface area contributed by atoms with Crippen LogP contribution in [-0.2, 0) is 11.3 Å². The Hall–Kier alpha value is -1.65. The van der Waals surface area contributed by atoms with E-state index in [2.05, 4.69) is 42.5 Å². The number of carbonyl (C=O) groups is 1. The van der Waals surface area contributed by atoms with Gasteiger partial charge in [0.25, 0.3) is 0 Å². The molecule has 2 unspecified atom stereocenters. The van der Waals surface area contributed by atoms with Gasteiger partial charge in [0.05, 0.1) is 19.2 Å². The molecular weight excluding hydrogens is 450 g/mol. The molecule has 0 bridgehead atoms. The third-order valence-electron chi connectivity index (χ3n) is 5.32. The normalized spacial score (nSPS) is 12.7. The first-order valence-electron chi connectivity index (χ1n) is 12.0. The average Bonchev–Trinajstić information content (AvgIpc) is 2.81. The van der Waals surface area contributed by atoms with Crippen LogP contribution in [0.15, 0.2) is 17.1 Å². The molecule has 0 radical (unpaired) electrons. The number of nitrogens with two attached hydrogens (primary N) is 1. The summed E-state index contributed by atoms with van der Waals surface area (Å²) in [6.45, 7) is 13.5. The number of rotatable bonds is 15. The fraction of sp³-hybridized carbons (Fsp3) is 0.680. The van der Waals surface area contributed by atoms with Crippen LogP contribution in [-0.4, -0.2) is 79.8 Å². The summed E-state index contributed by atoms with van der Waals surface area (Å²) in [6, 6.07) is 4.30. The summed E-state index contributed by atoms with van der Waals surface area (Å²) in [5, 5.41) is 16.7. The van der Waals surface area contributed by atoms with Gasteiger partial charge in [0.1, 0.15) is 12.0 Å². The van der Waals surface area contributed by atoms with Crippen LogP contribution >= 0.6 is 11.8 Å². The molecule has 0 saturated carbocycles. The van der Waals surface area contributed by atoms with Gasteiger partial charge in [-0.25, -0.2) is 0 Å². The van der Waals surface area contributed by atoms with E-state index >= 15 is 0 Å². The first kappa shape index (κ1) is 32.4. The zero-order chi connectivity index (χ0) is 25.9. The molecule has 8 nitrogen and oxygen atoms in total. The molecule has 1 aromatic carbocycles. The van der Waals surface area contributed by atoms with Gasteiger partial charge in [-0.3, -0.25) is 15.1 Å². The molecule has 5 N–H and O–H groups in total. The molecule has 34 heavy (non-hydrogen) atoms. The van der Waals surface area contributed by atoms with E-state index in [9.17, 15) is 9.90 Å². The Balaban J connectivity index is 0.00000343. The molecule has 0 aliphatic rings. The number of hydrogen-bond acceptors (Lipinski definition) is 8. The number of nitrogens with one attached hydrogen (secondary N) is 2. The van der Waals surface area contributed by atoms with Gasteiger partial charge in [-0.15, -0.1) is 11.8 Å². The molecule has 0 fully saturated rings.